The Morgan fingerprint density at radius 1 is 1.29 bits per heavy atom. The molecule has 7 nitrogen and oxygen atoms in total. The Bertz CT molecular complexity index is 1060. The van der Waals surface area contributed by atoms with Gasteiger partial charge in [-0.2, -0.15) is 13.2 Å². The molecule has 0 bridgehead atoms. The predicted molar refractivity (Wildman–Crippen MR) is 111 cm³/mol. The number of rotatable bonds is 5. The smallest absolute Gasteiger partial charge is 0.402 e. The lowest BCUT2D eigenvalue weighted by Gasteiger charge is -2.29. The van der Waals surface area contributed by atoms with Gasteiger partial charge < -0.3 is 11.5 Å². The monoisotopic (exact) mass is 432 g/mol. The molecule has 0 atom stereocenters. The lowest BCUT2D eigenvalue weighted by atomic mass is 10.0. The van der Waals surface area contributed by atoms with E-state index >= 15 is 0 Å². The number of amides is 1. The zero-order chi connectivity index (χ0) is 22.8. The highest BCUT2D eigenvalue weighted by molar-refractivity contribution is 5.92. The molecule has 4 N–H and O–H groups in total. The molecule has 164 valence electrons. The van der Waals surface area contributed by atoms with E-state index in [0.717, 1.165) is 23.4 Å². The third kappa shape index (κ3) is 5.46. The second-order valence-corrected chi connectivity index (χ2v) is 7.45. The first-order valence-electron chi connectivity index (χ1n) is 9.58. The largest absolute Gasteiger partial charge is 0.433 e. The number of carbonyl (C=O) groups is 1. The van der Waals surface area contributed by atoms with E-state index in [9.17, 15) is 18.0 Å². The number of hydrogen-bond acceptors (Lipinski definition) is 6. The van der Waals surface area contributed by atoms with Crippen molar-refractivity contribution in [3.8, 4) is 0 Å². The minimum atomic E-state index is -4.50. The van der Waals surface area contributed by atoms with Gasteiger partial charge in [0.15, 0.2) is 0 Å². The highest BCUT2D eigenvalue weighted by Crippen LogP contribution is 2.30. The molecule has 0 aromatic carbocycles. The zero-order valence-electron chi connectivity index (χ0n) is 17.2. The standard InChI is InChI=1S/C21H23F3N6O/c1-12(13(2)25)9-28-16-8-17(20(26)31)29-18-11-30(6-4-15(16)18)10-14-3-5-27-19(7-14)21(22,23)24/h3,5,7-9H,4,6,10-11,25H2,1-2H3,(H2,26,31). The fraction of sp³-hybridized carbons (Fsp3) is 0.333. The third-order valence-corrected chi connectivity index (χ3v) is 5.03. The number of pyridine rings is 2. The maximum absolute atomic E-state index is 12.9. The summed E-state index contributed by atoms with van der Waals surface area (Å²) in [5.74, 6) is -0.678. The number of halogens is 3. The second kappa shape index (κ2) is 8.84. The van der Waals surface area contributed by atoms with Gasteiger partial charge in [-0.25, -0.2) is 4.98 Å². The summed E-state index contributed by atoms with van der Waals surface area (Å²) < 4.78 is 38.8. The molecule has 2 aromatic heterocycles. The molecule has 0 spiro atoms. The Hall–Kier alpha value is -3.27. The number of aliphatic imine (C=N–C) groups is 1. The van der Waals surface area contributed by atoms with Crippen LogP contribution in [0.1, 0.15) is 46.9 Å². The summed E-state index contributed by atoms with van der Waals surface area (Å²) >= 11 is 0. The van der Waals surface area contributed by atoms with Crippen molar-refractivity contribution >= 4 is 17.8 Å². The maximum atomic E-state index is 12.9. The van der Waals surface area contributed by atoms with E-state index in [1.165, 1.54) is 0 Å². The van der Waals surface area contributed by atoms with Crippen molar-refractivity contribution in [3.63, 3.8) is 0 Å². The van der Waals surface area contributed by atoms with E-state index in [2.05, 4.69) is 15.0 Å². The molecule has 2 aromatic rings. The number of hydrogen-bond donors (Lipinski definition) is 2. The summed E-state index contributed by atoms with van der Waals surface area (Å²) in [7, 11) is 0. The van der Waals surface area contributed by atoms with Gasteiger partial charge in [0, 0.05) is 43.3 Å². The second-order valence-electron chi connectivity index (χ2n) is 7.45. The fourth-order valence-corrected chi connectivity index (χ4v) is 3.20. The van der Waals surface area contributed by atoms with Crippen LogP contribution in [0.4, 0.5) is 18.9 Å². The van der Waals surface area contributed by atoms with Crippen LogP contribution in [0, 0.1) is 0 Å². The Balaban J connectivity index is 1.88. The SMILES string of the molecule is CC(N)=C(C)C=Nc1cc(C(N)=O)nc2c1CCN(Cc1ccnc(C(F)(F)F)c1)C2. The van der Waals surface area contributed by atoms with Gasteiger partial charge in [0.2, 0.25) is 0 Å². The predicted octanol–water partition coefficient (Wildman–Crippen LogP) is 3.11. The Morgan fingerprint density at radius 2 is 2.03 bits per heavy atom. The highest BCUT2D eigenvalue weighted by Gasteiger charge is 2.32. The molecule has 1 amide bonds. The first kappa shape index (κ1) is 22.4. The van der Waals surface area contributed by atoms with Crippen LogP contribution in [-0.2, 0) is 25.7 Å². The summed E-state index contributed by atoms with van der Waals surface area (Å²) in [6.07, 6.45) is -1.14. The van der Waals surface area contributed by atoms with Gasteiger partial charge in [0.05, 0.1) is 11.4 Å². The number of nitrogens with zero attached hydrogens (tertiary/aromatic N) is 4. The number of carbonyl (C=O) groups excluding carboxylic acids is 1. The van der Waals surface area contributed by atoms with E-state index in [0.29, 0.717) is 48.7 Å². The molecule has 1 aliphatic heterocycles. The average Bonchev–Trinajstić information content (AvgIpc) is 2.70. The van der Waals surface area contributed by atoms with Crippen molar-refractivity contribution in [3.05, 3.63) is 63.9 Å². The number of fused-ring (bicyclic) bond motifs is 1. The van der Waals surface area contributed by atoms with Crippen LogP contribution in [0.3, 0.4) is 0 Å². The summed E-state index contributed by atoms with van der Waals surface area (Å²) in [4.78, 5) is 25.9. The summed E-state index contributed by atoms with van der Waals surface area (Å²) in [6.45, 7) is 4.84. The van der Waals surface area contributed by atoms with E-state index in [4.69, 9.17) is 11.5 Å². The van der Waals surface area contributed by atoms with Crippen LogP contribution in [0.15, 0.2) is 40.7 Å². The van der Waals surface area contributed by atoms with Crippen molar-refractivity contribution in [1.29, 1.82) is 0 Å². The van der Waals surface area contributed by atoms with Crippen LogP contribution >= 0.6 is 0 Å². The number of aromatic nitrogens is 2. The van der Waals surface area contributed by atoms with Gasteiger partial charge >= 0.3 is 6.18 Å². The Kier molecular flexibility index (Phi) is 6.40. The molecule has 0 unspecified atom stereocenters. The first-order chi connectivity index (χ1) is 14.5. The average molecular weight is 432 g/mol. The molecular weight excluding hydrogens is 409 g/mol. The molecule has 0 saturated carbocycles. The fourth-order valence-electron chi connectivity index (χ4n) is 3.20. The summed E-state index contributed by atoms with van der Waals surface area (Å²) in [6, 6.07) is 4.14. The summed E-state index contributed by atoms with van der Waals surface area (Å²) in [5, 5.41) is 0. The lowest BCUT2D eigenvalue weighted by molar-refractivity contribution is -0.141. The van der Waals surface area contributed by atoms with E-state index in [1.54, 1.807) is 25.3 Å². The van der Waals surface area contributed by atoms with E-state index in [1.807, 2.05) is 11.8 Å². The Morgan fingerprint density at radius 3 is 2.68 bits per heavy atom. The van der Waals surface area contributed by atoms with Gasteiger partial charge in [0.1, 0.15) is 11.4 Å². The van der Waals surface area contributed by atoms with E-state index in [-0.39, 0.29) is 5.69 Å². The van der Waals surface area contributed by atoms with Gasteiger partial charge in [-0.3, -0.25) is 19.7 Å². The van der Waals surface area contributed by atoms with Crippen LogP contribution in [0.25, 0.3) is 0 Å². The number of alkyl halides is 3. The molecule has 3 heterocycles. The van der Waals surface area contributed by atoms with Crippen LogP contribution in [0.2, 0.25) is 0 Å². The summed E-state index contributed by atoms with van der Waals surface area (Å²) in [5.41, 5.74) is 14.4. The van der Waals surface area contributed by atoms with Gasteiger partial charge in [-0.15, -0.1) is 0 Å². The number of nitrogens with two attached hydrogens (primary N) is 2. The molecule has 0 saturated heterocycles. The minimum Gasteiger partial charge on any atom is -0.402 e. The normalized spacial score (nSPS) is 15.6. The molecule has 0 aliphatic carbocycles. The molecular formula is C21H23F3N6O. The van der Waals surface area contributed by atoms with Crippen molar-refractivity contribution in [2.75, 3.05) is 6.54 Å². The molecule has 31 heavy (non-hydrogen) atoms. The van der Waals surface area contributed by atoms with Crippen LogP contribution in [-0.4, -0.2) is 33.5 Å². The van der Waals surface area contributed by atoms with Gasteiger partial charge in [0.25, 0.3) is 5.91 Å². The molecule has 0 fully saturated rings. The third-order valence-electron chi connectivity index (χ3n) is 5.03. The van der Waals surface area contributed by atoms with Crippen LogP contribution < -0.4 is 11.5 Å². The highest BCUT2D eigenvalue weighted by atomic mass is 19.4. The molecule has 3 rings (SSSR count). The zero-order valence-corrected chi connectivity index (χ0v) is 17.2. The maximum Gasteiger partial charge on any atom is 0.433 e. The number of primary amides is 1. The first-order valence-corrected chi connectivity index (χ1v) is 9.58. The van der Waals surface area contributed by atoms with Crippen molar-refractivity contribution in [2.24, 2.45) is 16.5 Å². The van der Waals surface area contributed by atoms with E-state index < -0.39 is 17.8 Å². The molecule has 1 aliphatic rings. The Labute approximate surface area is 177 Å². The van der Waals surface area contributed by atoms with Crippen molar-refractivity contribution in [2.45, 2.75) is 39.5 Å². The van der Waals surface area contributed by atoms with Gasteiger partial charge in [-0.05, 0) is 49.6 Å². The lowest BCUT2D eigenvalue weighted by Crippen LogP contribution is -2.31. The quantitative estimate of drug-likeness (QED) is 0.706. The van der Waals surface area contributed by atoms with Crippen molar-refractivity contribution < 1.29 is 18.0 Å². The molecule has 0 radical (unpaired) electrons. The van der Waals surface area contributed by atoms with Crippen molar-refractivity contribution in [1.82, 2.24) is 14.9 Å². The molecule has 10 heteroatoms. The number of allylic oxidation sites excluding steroid dienone is 2. The van der Waals surface area contributed by atoms with Gasteiger partial charge in [-0.1, -0.05) is 0 Å². The van der Waals surface area contributed by atoms with Crippen LogP contribution in [0.5, 0.6) is 0 Å². The topological polar surface area (TPSA) is 110 Å². The minimum absolute atomic E-state index is 0.0853.